The fourth-order valence-corrected chi connectivity index (χ4v) is 1.80. The molecule has 0 radical (unpaired) electrons. The molecule has 0 aromatic carbocycles. The van der Waals surface area contributed by atoms with Crippen LogP contribution in [0.1, 0.15) is 33.7 Å². The molecule has 0 amide bonds. The lowest BCUT2D eigenvalue weighted by Crippen LogP contribution is -2.17. The Morgan fingerprint density at radius 3 is 2.72 bits per heavy atom. The van der Waals surface area contributed by atoms with Crippen LogP contribution in [0.4, 0.5) is 0 Å². The van der Waals surface area contributed by atoms with Crippen molar-refractivity contribution in [2.75, 3.05) is 14.2 Å². The smallest absolute Gasteiger partial charge is 0.373 e. The maximum Gasteiger partial charge on any atom is 0.373 e. The SMILES string of the molecule is CNC(c1ccc(C(=O)OC)o1)c1occc1C. The number of nitrogens with one attached hydrogen (secondary N) is 1. The lowest BCUT2D eigenvalue weighted by molar-refractivity contribution is 0.0562. The van der Waals surface area contributed by atoms with Gasteiger partial charge in [0.15, 0.2) is 0 Å². The predicted octanol–water partition coefficient (Wildman–Crippen LogP) is 2.28. The first-order valence-corrected chi connectivity index (χ1v) is 5.56. The van der Waals surface area contributed by atoms with E-state index in [0.717, 1.165) is 11.3 Å². The van der Waals surface area contributed by atoms with E-state index in [1.54, 1.807) is 25.4 Å². The number of ether oxygens (including phenoxy) is 1. The van der Waals surface area contributed by atoms with E-state index in [9.17, 15) is 4.79 Å². The van der Waals surface area contributed by atoms with Crippen LogP contribution in [-0.4, -0.2) is 20.1 Å². The molecule has 96 valence electrons. The van der Waals surface area contributed by atoms with E-state index in [0.29, 0.717) is 5.76 Å². The van der Waals surface area contributed by atoms with Gasteiger partial charge in [0.1, 0.15) is 17.6 Å². The molecule has 0 spiro atoms. The Morgan fingerprint density at radius 2 is 2.17 bits per heavy atom. The summed E-state index contributed by atoms with van der Waals surface area (Å²) in [5, 5.41) is 3.09. The van der Waals surface area contributed by atoms with Gasteiger partial charge in [-0.25, -0.2) is 4.79 Å². The summed E-state index contributed by atoms with van der Waals surface area (Å²) >= 11 is 0. The van der Waals surface area contributed by atoms with Gasteiger partial charge in [-0.2, -0.15) is 0 Å². The molecule has 2 heterocycles. The van der Waals surface area contributed by atoms with E-state index in [4.69, 9.17) is 8.83 Å². The van der Waals surface area contributed by atoms with E-state index in [1.165, 1.54) is 7.11 Å². The number of esters is 1. The monoisotopic (exact) mass is 249 g/mol. The number of carbonyl (C=O) groups excluding carboxylic acids is 1. The third-order valence-corrected chi connectivity index (χ3v) is 2.75. The average molecular weight is 249 g/mol. The van der Waals surface area contributed by atoms with Crippen molar-refractivity contribution in [3.8, 4) is 0 Å². The Labute approximate surface area is 105 Å². The maximum absolute atomic E-state index is 11.3. The molecule has 0 fully saturated rings. The number of furan rings is 2. The molecule has 18 heavy (non-hydrogen) atoms. The van der Waals surface area contributed by atoms with Crippen LogP contribution < -0.4 is 5.32 Å². The molecule has 1 atom stereocenters. The molecule has 5 nitrogen and oxygen atoms in total. The van der Waals surface area contributed by atoms with Crippen molar-refractivity contribution >= 4 is 5.97 Å². The second-order valence-electron chi connectivity index (χ2n) is 3.88. The zero-order chi connectivity index (χ0) is 13.1. The number of carbonyl (C=O) groups is 1. The van der Waals surface area contributed by atoms with Crippen LogP contribution in [0.25, 0.3) is 0 Å². The first-order valence-electron chi connectivity index (χ1n) is 5.56. The Kier molecular flexibility index (Phi) is 3.53. The molecule has 2 rings (SSSR count). The van der Waals surface area contributed by atoms with Crippen LogP contribution in [0, 0.1) is 6.92 Å². The highest BCUT2D eigenvalue weighted by molar-refractivity contribution is 5.86. The minimum atomic E-state index is -0.493. The van der Waals surface area contributed by atoms with Gasteiger partial charge < -0.3 is 18.9 Å². The maximum atomic E-state index is 11.3. The Balaban J connectivity index is 2.31. The van der Waals surface area contributed by atoms with Gasteiger partial charge >= 0.3 is 5.97 Å². The molecule has 2 aromatic rings. The van der Waals surface area contributed by atoms with E-state index in [1.807, 2.05) is 13.0 Å². The summed E-state index contributed by atoms with van der Waals surface area (Å²) < 4.78 is 15.5. The van der Waals surface area contributed by atoms with Gasteiger partial charge in [-0.15, -0.1) is 0 Å². The number of aryl methyl sites for hydroxylation is 1. The third-order valence-electron chi connectivity index (χ3n) is 2.75. The third kappa shape index (κ3) is 2.17. The first-order chi connectivity index (χ1) is 8.67. The molecule has 0 saturated carbocycles. The van der Waals surface area contributed by atoms with Crippen molar-refractivity contribution in [2.45, 2.75) is 13.0 Å². The molecular formula is C13H15NO4. The quantitative estimate of drug-likeness (QED) is 0.842. The van der Waals surface area contributed by atoms with Crippen molar-refractivity contribution in [3.05, 3.63) is 47.3 Å². The normalized spacial score (nSPS) is 12.4. The fraction of sp³-hybridized carbons (Fsp3) is 0.308. The van der Waals surface area contributed by atoms with Crippen LogP contribution in [0.3, 0.4) is 0 Å². The number of rotatable bonds is 4. The molecule has 1 N–H and O–H groups in total. The molecule has 1 unspecified atom stereocenters. The summed E-state index contributed by atoms with van der Waals surface area (Å²) in [7, 11) is 3.11. The standard InChI is InChI=1S/C13H15NO4/c1-8-6-7-17-12(8)11(14-2)9-4-5-10(18-9)13(15)16-3/h4-7,11,14H,1-3H3. The Morgan fingerprint density at radius 1 is 1.39 bits per heavy atom. The predicted molar refractivity (Wildman–Crippen MR) is 64.4 cm³/mol. The molecule has 0 aliphatic rings. The summed E-state index contributed by atoms with van der Waals surface area (Å²) in [5.74, 6) is 1.06. The lowest BCUT2D eigenvalue weighted by atomic mass is 10.1. The molecule has 0 aliphatic carbocycles. The highest BCUT2D eigenvalue weighted by Crippen LogP contribution is 2.26. The van der Waals surface area contributed by atoms with E-state index >= 15 is 0 Å². The summed E-state index contributed by atoms with van der Waals surface area (Å²) in [5.41, 5.74) is 1.02. The summed E-state index contributed by atoms with van der Waals surface area (Å²) in [6, 6.07) is 4.97. The second-order valence-corrected chi connectivity index (χ2v) is 3.88. The summed E-state index contributed by atoms with van der Waals surface area (Å²) in [4.78, 5) is 11.3. The van der Waals surface area contributed by atoms with Crippen molar-refractivity contribution in [1.29, 1.82) is 0 Å². The van der Waals surface area contributed by atoms with Gasteiger partial charge in [-0.05, 0) is 37.7 Å². The van der Waals surface area contributed by atoms with Gasteiger partial charge in [0.05, 0.1) is 13.4 Å². The second kappa shape index (κ2) is 5.10. The summed E-state index contributed by atoms with van der Waals surface area (Å²) in [6.45, 7) is 1.95. The molecule has 5 heteroatoms. The molecule has 0 saturated heterocycles. The highest BCUT2D eigenvalue weighted by Gasteiger charge is 2.22. The summed E-state index contributed by atoms with van der Waals surface area (Å²) in [6.07, 6.45) is 1.62. The van der Waals surface area contributed by atoms with Crippen LogP contribution in [-0.2, 0) is 4.74 Å². The average Bonchev–Trinajstić information content (AvgIpc) is 3.00. The highest BCUT2D eigenvalue weighted by atomic mass is 16.5. The van der Waals surface area contributed by atoms with Crippen molar-refractivity contribution in [1.82, 2.24) is 5.32 Å². The van der Waals surface area contributed by atoms with Gasteiger partial charge in [0, 0.05) is 0 Å². The van der Waals surface area contributed by atoms with Gasteiger partial charge in [-0.1, -0.05) is 0 Å². The molecule has 0 aliphatic heterocycles. The molecular weight excluding hydrogens is 234 g/mol. The van der Waals surface area contributed by atoms with Crippen LogP contribution in [0.5, 0.6) is 0 Å². The van der Waals surface area contributed by atoms with Gasteiger partial charge in [-0.3, -0.25) is 0 Å². The number of hydrogen-bond donors (Lipinski definition) is 1. The number of hydrogen-bond acceptors (Lipinski definition) is 5. The minimum absolute atomic E-state index is 0.178. The minimum Gasteiger partial charge on any atom is -0.467 e. The Hall–Kier alpha value is -2.01. The van der Waals surface area contributed by atoms with E-state index in [2.05, 4.69) is 10.1 Å². The van der Waals surface area contributed by atoms with Crippen LogP contribution in [0.15, 0.2) is 33.3 Å². The topological polar surface area (TPSA) is 64.6 Å². The van der Waals surface area contributed by atoms with Gasteiger partial charge in [0.25, 0.3) is 0 Å². The first kappa shape index (κ1) is 12.4. The lowest BCUT2D eigenvalue weighted by Gasteiger charge is -2.11. The van der Waals surface area contributed by atoms with Crippen LogP contribution in [0.2, 0.25) is 0 Å². The molecule has 0 bridgehead atoms. The zero-order valence-corrected chi connectivity index (χ0v) is 10.5. The van der Waals surface area contributed by atoms with Gasteiger partial charge in [0.2, 0.25) is 5.76 Å². The Bertz CT molecular complexity index is 541. The van der Waals surface area contributed by atoms with Crippen LogP contribution >= 0.6 is 0 Å². The van der Waals surface area contributed by atoms with Crippen molar-refractivity contribution < 1.29 is 18.4 Å². The fourth-order valence-electron chi connectivity index (χ4n) is 1.80. The number of methoxy groups -OCH3 is 1. The largest absolute Gasteiger partial charge is 0.467 e. The van der Waals surface area contributed by atoms with E-state index < -0.39 is 5.97 Å². The van der Waals surface area contributed by atoms with Crippen molar-refractivity contribution in [3.63, 3.8) is 0 Å². The zero-order valence-electron chi connectivity index (χ0n) is 10.5. The van der Waals surface area contributed by atoms with Crippen molar-refractivity contribution in [2.24, 2.45) is 0 Å². The molecule has 2 aromatic heterocycles. The van der Waals surface area contributed by atoms with E-state index in [-0.39, 0.29) is 11.8 Å².